The summed E-state index contributed by atoms with van der Waals surface area (Å²) in [5.74, 6) is 0.906. The number of anilines is 2. The predicted molar refractivity (Wildman–Crippen MR) is 101 cm³/mol. The Hall–Kier alpha value is -2.56. The van der Waals surface area contributed by atoms with Crippen molar-refractivity contribution < 1.29 is 9.53 Å². The number of nitrogen functional groups attached to an aromatic ring is 1. The molecule has 0 aliphatic carbocycles. The zero-order chi connectivity index (χ0) is 18.0. The highest BCUT2D eigenvalue weighted by atomic mass is 16.5. The summed E-state index contributed by atoms with van der Waals surface area (Å²) in [6, 6.07) is 7.96. The molecule has 0 saturated carbocycles. The number of benzene rings is 1. The van der Waals surface area contributed by atoms with Gasteiger partial charge in [-0.25, -0.2) is 0 Å². The van der Waals surface area contributed by atoms with Gasteiger partial charge in [0.2, 0.25) is 5.91 Å². The second-order valence-corrected chi connectivity index (χ2v) is 6.54. The molecule has 1 aliphatic rings. The van der Waals surface area contributed by atoms with Crippen molar-refractivity contribution in [3.63, 3.8) is 0 Å². The number of carbonyl (C=O) groups excluding carboxylic acids is 1. The average Bonchev–Trinajstić information content (AvgIpc) is 2.59. The maximum absolute atomic E-state index is 12.1. The molecule has 0 radical (unpaired) electrons. The number of aromatic nitrogens is 1. The largest absolute Gasteiger partial charge is 0.493 e. The van der Waals surface area contributed by atoms with Crippen LogP contribution in [0.3, 0.4) is 0 Å². The quantitative estimate of drug-likeness (QED) is 0.920. The fraction of sp³-hybridized carbons (Fsp3) is 0.400. The van der Waals surface area contributed by atoms with Gasteiger partial charge in [0.15, 0.2) is 0 Å². The number of hydrogen-bond acceptors (Lipinski definition) is 4. The van der Waals surface area contributed by atoms with Crippen molar-refractivity contribution in [2.24, 2.45) is 0 Å². The number of fused-ring (bicyclic) bond motifs is 1. The molecular formula is C20H25N3O2. The van der Waals surface area contributed by atoms with Crippen molar-refractivity contribution in [1.82, 2.24) is 4.98 Å². The van der Waals surface area contributed by atoms with Gasteiger partial charge in [-0.1, -0.05) is 6.92 Å². The zero-order valence-electron chi connectivity index (χ0n) is 15.1. The minimum Gasteiger partial charge on any atom is -0.493 e. The van der Waals surface area contributed by atoms with Gasteiger partial charge < -0.3 is 15.4 Å². The average molecular weight is 339 g/mol. The zero-order valence-corrected chi connectivity index (χ0v) is 15.1. The lowest BCUT2D eigenvalue weighted by Crippen LogP contribution is -2.40. The van der Waals surface area contributed by atoms with Gasteiger partial charge in [0, 0.05) is 24.1 Å². The lowest BCUT2D eigenvalue weighted by atomic mass is 9.92. The second kappa shape index (κ2) is 7.13. The first-order valence-electron chi connectivity index (χ1n) is 8.83. The summed E-state index contributed by atoms with van der Waals surface area (Å²) in [7, 11) is 0. The van der Waals surface area contributed by atoms with Crippen LogP contribution in [0.15, 0.2) is 30.5 Å². The molecule has 2 aromatic rings. The van der Waals surface area contributed by atoms with Gasteiger partial charge in [0.25, 0.3) is 0 Å². The topological polar surface area (TPSA) is 68.5 Å². The first-order valence-corrected chi connectivity index (χ1v) is 8.83. The number of amides is 1. The number of nitrogens with zero attached hydrogens (tertiary/aromatic N) is 2. The summed E-state index contributed by atoms with van der Waals surface area (Å²) in [5, 5.41) is 0. The first-order chi connectivity index (χ1) is 12.0. The minimum absolute atomic E-state index is 0.0632. The monoisotopic (exact) mass is 339 g/mol. The molecule has 0 fully saturated rings. The molecule has 2 heterocycles. The Kier molecular flexibility index (Phi) is 4.93. The van der Waals surface area contributed by atoms with Gasteiger partial charge in [0.1, 0.15) is 5.75 Å². The van der Waals surface area contributed by atoms with Crippen LogP contribution in [0.5, 0.6) is 5.75 Å². The van der Waals surface area contributed by atoms with E-state index in [4.69, 9.17) is 10.5 Å². The molecule has 1 aliphatic heterocycles. The summed E-state index contributed by atoms with van der Waals surface area (Å²) in [6.45, 7) is 6.43. The van der Waals surface area contributed by atoms with Crippen LogP contribution in [-0.2, 0) is 11.2 Å². The van der Waals surface area contributed by atoms with E-state index in [0.717, 1.165) is 47.5 Å². The fourth-order valence-corrected chi connectivity index (χ4v) is 3.42. The van der Waals surface area contributed by atoms with Crippen molar-refractivity contribution in [2.75, 3.05) is 17.2 Å². The van der Waals surface area contributed by atoms with Crippen LogP contribution in [0, 0.1) is 0 Å². The van der Waals surface area contributed by atoms with E-state index in [0.29, 0.717) is 12.3 Å². The van der Waals surface area contributed by atoms with Crippen LogP contribution in [0.25, 0.3) is 11.3 Å². The standard InChI is InChI=1S/C20H25N3O2/c1-4-11-25-20-16(18-9-6-15(21)12-22-18)8-10-19-17(20)7-5-13(2)23(19)14(3)24/h6,8-10,12-13H,4-5,7,11,21H2,1-3H3. The lowest BCUT2D eigenvalue weighted by molar-refractivity contribution is -0.117. The lowest BCUT2D eigenvalue weighted by Gasteiger charge is -2.36. The van der Waals surface area contributed by atoms with Gasteiger partial charge in [-0.15, -0.1) is 0 Å². The highest BCUT2D eigenvalue weighted by Gasteiger charge is 2.29. The van der Waals surface area contributed by atoms with Gasteiger partial charge in [0.05, 0.1) is 29.9 Å². The molecule has 1 amide bonds. The number of carbonyl (C=O) groups is 1. The van der Waals surface area contributed by atoms with Crippen LogP contribution in [0.1, 0.15) is 39.2 Å². The van der Waals surface area contributed by atoms with Gasteiger partial charge >= 0.3 is 0 Å². The molecule has 0 bridgehead atoms. The second-order valence-electron chi connectivity index (χ2n) is 6.54. The molecule has 5 nitrogen and oxygen atoms in total. The van der Waals surface area contributed by atoms with E-state index in [1.54, 1.807) is 13.1 Å². The van der Waals surface area contributed by atoms with Crippen LogP contribution < -0.4 is 15.4 Å². The number of ether oxygens (including phenoxy) is 1. The Bertz CT molecular complexity index is 771. The highest BCUT2D eigenvalue weighted by Crippen LogP contribution is 2.42. The van der Waals surface area contributed by atoms with Crippen LogP contribution >= 0.6 is 0 Å². The maximum Gasteiger partial charge on any atom is 0.224 e. The molecule has 2 N–H and O–H groups in total. The smallest absolute Gasteiger partial charge is 0.224 e. The Morgan fingerprint density at radius 1 is 1.36 bits per heavy atom. The van der Waals surface area contributed by atoms with Crippen molar-refractivity contribution >= 4 is 17.3 Å². The molecule has 1 atom stereocenters. The minimum atomic E-state index is 0.0632. The fourth-order valence-electron chi connectivity index (χ4n) is 3.42. The van der Waals surface area contributed by atoms with E-state index >= 15 is 0 Å². The molecule has 25 heavy (non-hydrogen) atoms. The van der Waals surface area contributed by atoms with Crippen LogP contribution in [0.2, 0.25) is 0 Å². The molecule has 1 aromatic heterocycles. The van der Waals surface area contributed by atoms with Crippen molar-refractivity contribution in [3.05, 3.63) is 36.0 Å². The van der Waals surface area contributed by atoms with E-state index in [9.17, 15) is 4.79 Å². The number of hydrogen-bond donors (Lipinski definition) is 1. The normalized spacial score (nSPS) is 16.4. The van der Waals surface area contributed by atoms with Crippen molar-refractivity contribution in [2.45, 2.75) is 46.1 Å². The maximum atomic E-state index is 12.1. The Labute approximate surface area is 148 Å². The molecule has 0 spiro atoms. The highest BCUT2D eigenvalue weighted by molar-refractivity contribution is 5.95. The van der Waals surface area contributed by atoms with Gasteiger partial charge in [-0.3, -0.25) is 9.78 Å². The third-order valence-electron chi connectivity index (χ3n) is 4.60. The third-order valence-corrected chi connectivity index (χ3v) is 4.60. The molecule has 1 aromatic carbocycles. The summed E-state index contributed by atoms with van der Waals surface area (Å²) in [4.78, 5) is 18.5. The number of pyridine rings is 1. The predicted octanol–water partition coefficient (Wildman–Crippen LogP) is 3.81. The van der Waals surface area contributed by atoms with Crippen molar-refractivity contribution in [1.29, 1.82) is 0 Å². The first kappa shape index (κ1) is 17.3. The van der Waals surface area contributed by atoms with Crippen LogP contribution in [0.4, 0.5) is 11.4 Å². The molecule has 3 rings (SSSR count). The molecule has 0 saturated heterocycles. The summed E-state index contributed by atoms with van der Waals surface area (Å²) < 4.78 is 6.12. The molecular weight excluding hydrogens is 314 g/mol. The molecule has 5 heteroatoms. The SMILES string of the molecule is CCCOc1c(-c2ccc(N)cn2)ccc2c1CCC(C)N2C(C)=O. The molecule has 132 valence electrons. The number of rotatable bonds is 4. The van der Waals surface area contributed by atoms with E-state index < -0.39 is 0 Å². The van der Waals surface area contributed by atoms with E-state index in [1.165, 1.54) is 0 Å². The van der Waals surface area contributed by atoms with Gasteiger partial charge in [-0.05, 0) is 50.5 Å². The number of nitrogens with two attached hydrogens (primary N) is 1. The van der Waals surface area contributed by atoms with E-state index in [1.807, 2.05) is 29.2 Å². The van der Waals surface area contributed by atoms with Gasteiger partial charge in [-0.2, -0.15) is 0 Å². The summed E-state index contributed by atoms with van der Waals surface area (Å²) in [5.41, 5.74) is 10.2. The van der Waals surface area contributed by atoms with E-state index in [-0.39, 0.29) is 11.9 Å². The molecule has 1 unspecified atom stereocenters. The summed E-state index contributed by atoms with van der Waals surface area (Å²) in [6.07, 6.45) is 4.39. The van der Waals surface area contributed by atoms with E-state index in [2.05, 4.69) is 18.8 Å². The third kappa shape index (κ3) is 3.31. The Morgan fingerprint density at radius 2 is 2.16 bits per heavy atom. The Balaban J connectivity index is 2.14. The summed E-state index contributed by atoms with van der Waals surface area (Å²) >= 11 is 0. The van der Waals surface area contributed by atoms with Crippen molar-refractivity contribution in [3.8, 4) is 17.0 Å². The van der Waals surface area contributed by atoms with Crippen LogP contribution in [-0.4, -0.2) is 23.5 Å². The Morgan fingerprint density at radius 3 is 2.80 bits per heavy atom.